The summed E-state index contributed by atoms with van der Waals surface area (Å²) < 4.78 is 5.32. The highest BCUT2D eigenvalue weighted by Crippen LogP contribution is 2.38. The molecule has 0 aliphatic carbocycles. The van der Waals surface area contributed by atoms with Crippen LogP contribution in [0, 0.1) is 15.5 Å². The van der Waals surface area contributed by atoms with E-state index in [1.165, 1.54) is 18.3 Å². The molecule has 0 bridgehead atoms. The van der Waals surface area contributed by atoms with Crippen molar-refractivity contribution in [1.29, 1.82) is 5.41 Å². The molecule has 0 unspecified atom stereocenters. The molecule has 108 valence electrons. The van der Waals surface area contributed by atoms with Crippen molar-refractivity contribution in [1.82, 2.24) is 10.2 Å². The van der Waals surface area contributed by atoms with Crippen molar-refractivity contribution in [3.8, 4) is 11.6 Å². The van der Waals surface area contributed by atoms with Crippen LogP contribution in [0.5, 0.6) is 11.6 Å². The molecule has 0 saturated carbocycles. The summed E-state index contributed by atoms with van der Waals surface area (Å²) in [6.07, 6.45) is 1.31. The van der Waals surface area contributed by atoms with Crippen LogP contribution in [0.25, 0.3) is 0 Å². The van der Waals surface area contributed by atoms with Gasteiger partial charge in [-0.1, -0.05) is 23.2 Å². The number of hydrogen-bond acceptors (Lipinski definition) is 6. The Kier molecular flexibility index (Phi) is 4.20. The molecular weight excluding hydrogens is 321 g/mol. The number of nitro groups is 1. The Morgan fingerprint density at radius 3 is 2.67 bits per heavy atom. The SMILES string of the molecule is N=C(N)c1ccnnc1Oc1cc(Cl)c(Cl)cc1[N+](=O)[O-]. The predicted octanol–water partition coefficient (Wildman–Crippen LogP) is 2.77. The first-order chi connectivity index (χ1) is 9.90. The van der Waals surface area contributed by atoms with E-state index in [0.29, 0.717) is 0 Å². The van der Waals surface area contributed by atoms with Gasteiger partial charge in [-0.25, -0.2) is 0 Å². The number of ether oxygens (including phenoxy) is 1. The molecule has 0 saturated heterocycles. The lowest BCUT2D eigenvalue weighted by molar-refractivity contribution is -0.385. The number of rotatable bonds is 4. The lowest BCUT2D eigenvalue weighted by Crippen LogP contribution is -2.13. The van der Waals surface area contributed by atoms with Crippen LogP contribution in [-0.4, -0.2) is 21.0 Å². The number of amidine groups is 1. The Morgan fingerprint density at radius 1 is 1.38 bits per heavy atom. The number of halogens is 2. The summed E-state index contributed by atoms with van der Waals surface area (Å²) in [6, 6.07) is 3.64. The molecule has 21 heavy (non-hydrogen) atoms. The molecule has 0 spiro atoms. The van der Waals surface area contributed by atoms with E-state index in [0.717, 1.165) is 6.07 Å². The van der Waals surface area contributed by atoms with E-state index < -0.39 is 10.6 Å². The van der Waals surface area contributed by atoms with Gasteiger partial charge < -0.3 is 10.5 Å². The molecule has 0 radical (unpaired) electrons. The number of nitrogens with one attached hydrogen (secondary N) is 1. The molecule has 2 aromatic rings. The largest absolute Gasteiger partial charge is 0.430 e. The molecule has 1 aromatic heterocycles. The van der Waals surface area contributed by atoms with Gasteiger partial charge in [-0.2, -0.15) is 5.10 Å². The molecule has 0 aliphatic rings. The van der Waals surface area contributed by atoms with Gasteiger partial charge in [0.1, 0.15) is 5.84 Å². The van der Waals surface area contributed by atoms with Gasteiger partial charge in [-0.15, -0.1) is 5.10 Å². The Labute approximate surface area is 128 Å². The zero-order valence-electron chi connectivity index (χ0n) is 10.2. The van der Waals surface area contributed by atoms with Crippen molar-refractivity contribution >= 4 is 34.7 Å². The van der Waals surface area contributed by atoms with Crippen molar-refractivity contribution in [2.24, 2.45) is 5.73 Å². The van der Waals surface area contributed by atoms with E-state index >= 15 is 0 Å². The number of nitrogen functional groups attached to an aromatic ring is 1. The van der Waals surface area contributed by atoms with Crippen LogP contribution in [0.3, 0.4) is 0 Å². The summed E-state index contributed by atoms with van der Waals surface area (Å²) >= 11 is 11.6. The van der Waals surface area contributed by atoms with E-state index in [2.05, 4.69) is 10.2 Å². The molecule has 2 rings (SSSR count). The topological polar surface area (TPSA) is 128 Å². The molecule has 0 atom stereocenters. The van der Waals surface area contributed by atoms with E-state index in [4.69, 9.17) is 39.1 Å². The zero-order chi connectivity index (χ0) is 15.6. The Bertz CT molecular complexity index is 738. The van der Waals surface area contributed by atoms with Gasteiger partial charge in [0, 0.05) is 12.1 Å². The Balaban J connectivity index is 2.52. The summed E-state index contributed by atoms with van der Waals surface area (Å²) in [5, 5.41) is 25.7. The zero-order valence-corrected chi connectivity index (χ0v) is 11.7. The molecule has 0 fully saturated rings. The minimum absolute atomic E-state index is 0.0154. The van der Waals surface area contributed by atoms with Crippen LogP contribution in [-0.2, 0) is 0 Å². The lowest BCUT2D eigenvalue weighted by atomic mass is 10.2. The fourth-order valence-corrected chi connectivity index (χ4v) is 1.76. The molecule has 1 heterocycles. The van der Waals surface area contributed by atoms with Gasteiger partial charge in [0.25, 0.3) is 0 Å². The maximum atomic E-state index is 11.0. The molecule has 8 nitrogen and oxygen atoms in total. The maximum Gasteiger partial charge on any atom is 0.313 e. The highest BCUT2D eigenvalue weighted by molar-refractivity contribution is 6.42. The average molecular weight is 328 g/mol. The number of nitrogens with zero attached hydrogens (tertiary/aromatic N) is 3. The molecule has 0 amide bonds. The lowest BCUT2D eigenvalue weighted by Gasteiger charge is -2.09. The number of aromatic nitrogens is 2. The van der Waals surface area contributed by atoms with Crippen molar-refractivity contribution < 1.29 is 9.66 Å². The van der Waals surface area contributed by atoms with Gasteiger partial charge in [-0.3, -0.25) is 15.5 Å². The van der Waals surface area contributed by atoms with Crippen LogP contribution < -0.4 is 10.5 Å². The first-order valence-corrected chi connectivity index (χ1v) is 6.13. The van der Waals surface area contributed by atoms with Gasteiger partial charge in [0.15, 0.2) is 0 Å². The first-order valence-electron chi connectivity index (χ1n) is 5.37. The second-order valence-corrected chi connectivity index (χ2v) is 4.57. The third-order valence-corrected chi connectivity index (χ3v) is 3.10. The van der Waals surface area contributed by atoms with E-state index in [-0.39, 0.29) is 33.1 Å². The third-order valence-electron chi connectivity index (χ3n) is 2.38. The van der Waals surface area contributed by atoms with Crippen LogP contribution >= 0.6 is 23.2 Å². The first kappa shape index (κ1) is 14.9. The normalized spacial score (nSPS) is 10.2. The summed E-state index contributed by atoms with van der Waals surface area (Å²) in [7, 11) is 0. The minimum Gasteiger partial charge on any atom is -0.430 e. The summed E-state index contributed by atoms with van der Waals surface area (Å²) in [5.41, 5.74) is 5.12. The summed E-state index contributed by atoms with van der Waals surface area (Å²) in [5.74, 6) is -0.647. The van der Waals surface area contributed by atoms with Crippen molar-refractivity contribution in [3.63, 3.8) is 0 Å². The quantitative estimate of drug-likeness (QED) is 0.384. The molecule has 0 aliphatic heterocycles. The Morgan fingerprint density at radius 2 is 2.05 bits per heavy atom. The van der Waals surface area contributed by atoms with Crippen LogP contribution in [0.2, 0.25) is 10.0 Å². The average Bonchev–Trinajstić information content (AvgIpc) is 2.42. The smallest absolute Gasteiger partial charge is 0.313 e. The number of benzene rings is 1. The summed E-state index contributed by atoms with van der Waals surface area (Å²) in [6.45, 7) is 0. The van der Waals surface area contributed by atoms with Gasteiger partial charge in [0.2, 0.25) is 11.6 Å². The summed E-state index contributed by atoms with van der Waals surface area (Å²) in [4.78, 5) is 10.3. The number of hydrogen-bond donors (Lipinski definition) is 2. The monoisotopic (exact) mass is 327 g/mol. The molecular formula is C11H7Cl2N5O3. The van der Waals surface area contributed by atoms with E-state index in [1.807, 2.05) is 0 Å². The maximum absolute atomic E-state index is 11.0. The number of nitrogens with two attached hydrogens (primary N) is 1. The second-order valence-electron chi connectivity index (χ2n) is 3.76. The minimum atomic E-state index is -0.679. The van der Waals surface area contributed by atoms with Crippen LogP contribution in [0.4, 0.5) is 5.69 Å². The van der Waals surface area contributed by atoms with Gasteiger partial charge in [0.05, 0.1) is 26.7 Å². The molecule has 1 aromatic carbocycles. The highest BCUT2D eigenvalue weighted by atomic mass is 35.5. The van der Waals surface area contributed by atoms with Crippen molar-refractivity contribution in [2.45, 2.75) is 0 Å². The fraction of sp³-hybridized carbons (Fsp3) is 0. The highest BCUT2D eigenvalue weighted by Gasteiger charge is 2.21. The predicted molar refractivity (Wildman–Crippen MR) is 76.2 cm³/mol. The van der Waals surface area contributed by atoms with Crippen molar-refractivity contribution in [2.75, 3.05) is 0 Å². The third kappa shape index (κ3) is 3.18. The molecule has 3 N–H and O–H groups in total. The standard InChI is InChI=1S/C11H7Cl2N5O3/c12-6-3-8(18(19)20)9(4-7(6)13)21-11-5(10(14)15)1-2-16-17-11/h1-4H,(H3,14,15). The van der Waals surface area contributed by atoms with Gasteiger partial charge in [-0.05, 0) is 6.07 Å². The van der Waals surface area contributed by atoms with Crippen molar-refractivity contribution in [3.05, 3.63) is 50.1 Å². The Hall–Kier alpha value is -2.45. The fourth-order valence-electron chi connectivity index (χ4n) is 1.45. The number of nitro benzene ring substituents is 1. The van der Waals surface area contributed by atoms with Crippen LogP contribution in [0.1, 0.15) is 5.56 Å². The van der Waals surface area contributed by atoms with E-state index in [9.17, 15) is 10.1 Å². The molecule has 10 heteroatoms. The van der Waals surface area contributed by atoms with Crippen LogP contribution in [0.15, 0.2) is 24.4 Å². The van der Waals surface area contributed by atoms with E-state index in [1.54, 1.807) is 0 Å². The second kappa shape index (κ2) is 5.90. The van der Waals surface area contributed by atoms with Gasteiger partial charge >= 0.3 is 5.69 Å².